The van der Waals surface area contributed by atoms with Crippen molar-refractivity contribution in [2.45, 2.75) is 303 Å². The number of carbonyl (C=O) groups excluding carboxylic acids is 3. The summed E-state index contributed by atoms with van der Waals surface area (Å²) in [5.74, 6) is -0.956. The molecule has 6 heteroatoms. The summed E-state index contributed by atoms with van der Waals surface area (Å²) in [5.41, 5.74) is 0. The Morgan fingerprint density at radius 3 is 0.787 bits per heavy atom. The van der Waals surface area contributed by atoms with Crippen LogP contribution in [0, 0.1) is 0 Å². The summed E-state index contributed by atoms with van der Waals surface area (Å²) in [6, 6.07) is 0. The number of esters is 3. The summed E-state index contributed by atoms with van der Waals surface area (Å²) in [6.07, 6.45) is 94.6. The van der Waals surface area contributed by atoms with E-state index in [1.165, 1.54) is 109 Å². The number of hydrogen-bond donors (Lipinski definition) is 0. The zero-order valence-corrected chi connectivity index (χ0v) is 52.0. The molecule has 0 aromatic rings. The van der Waals surface area contributed by atoms with Gasteiger partial charge in [-0.15, -0.1) is 0 Å². The topological polar surface area (TPSA) is 78.9 Å². The minimum Gasteiger partial charge on any atom is -0.462 e. The fourth-order valence-electron chi connectivity index (χ4n) is 9.00. The lowest BCUT2D eigenvalue weighted by Crippen LogP contribution is -2.30. The smallest absolute Gasteiger partial charge is 0.306 e. The maximum atomic E-state index is 12.9. The summed E-state index contributed by atoms with van der Waals surface area (Å²) in [6.45, 7) is 6.38. The third-order valence-corrected chi connectivity index (χ3v) is 13.9. The van der Waals surface area contributed by atoms with E-state index < -0.39 is 6.10 Å². The molecule has 1 unspecified atom stereocenters. The number of allylic oxidation sites excluding steroid dienone is 22. The van der Waals surface area contributed by atoms with E-state index in [0.717, 1.165) is 148 Å². The van der Waals surface area contributed by atoms with Crippen molar-refractivity contribution >= 4 is 17.9 Å². The molecule has 0 aliphatic rings. The second kappa shape index (κ2) is 67.1. The minimum atomic E-state index is -0.808. The molecule has 0 aliphatic carbocycles. The van der Waals surface area contributed by atoms with Gasteiger partial charge < -0.3 is 14.2 Å². The van der Waals surface area contributed by atoms with Crippen LogP contribution in [0.3, 0.4) is 0 Å². The molecule has 0 radical (unpaired) electrons. The van der Waals surface area contributed by atoms with Crippen LogP contribution in [-0.2, 0) is 28.6 Å². The normalized spacial score (nSPS) is 13.0. The van der Waals surface area contributed by atoms with Gasteiger partial charge in [0, 0.05) is 19.3 Å². The van der Waals surface area contributed by atoms with Crippen LogP contribution in [-0.4, -0.2) is 37.2 Å². The van der Waals surface area contributed by atoms with Crippen LogP contribution in [0.4, 0.5) is 0 Å². The Bertz CT molecular complexity index is 1700. The second-order valence-corrected chi connectivity index (χ2v) is 21.6. The molecule has 0 N–H and O–H groups in total. The van der Waals surface area contributed by atoms with E-state index in [2.05, 4.69) is 154 Å². The molecule has 0 amide bonds. The molecule has 0 bridgehead atoms. The molecule has 0 aromatic carbocycles. The molecule has 0 fully saturated rings. The molecule has 454 valence electrons. The van der Waals surface area contributed by atoms with Gasteiger partial charge in [-0.1, -0.05) is 296 Å². The third-order valence-electron chi connectivity index (χ3n) is 13.9. The zero-order valence-electron chi connectivity index (χ0n) is 52.0. The highest BCUT2D eigenvalue weighted by atomic mass is 16.6. The maximum absolute atomic E-state index is 12.9. The van der Waals surface area contributed by atoms with Crippen LogP contribution in [0.2, 0.25) is 0 Å². The van der Waals surface area contributed by atoms with Crippen molar-refractivity contribution in [3.63, 3.8) is 0 Å². The highest BCUT2D eigenvalue weighted by Crippen LogP contribution is 2.16. The molecule has 0 rings (SSSR count). The summed E-state index contributed by atoms with van der Waals surface area (Å²) in [7, 11) is 0. The highest BCUT2D eigenvalue weighted by Gasteiger charge is 2.19. The molecular weight excluding hydrogens is 985 g/mol. The van der Waals surface area contributed by atoms with Gasteiger partial charge in [-0.2, -0.15) is 0 Å². The first-order chi connectivity index (χ1) is 39.5. The Morgan fingerprint density at radius 2 is 0.487 bits per heavy atom. The Hall–Kier alpha value is -4.45. The molecule has 0 saturated heterocycles. The first kappa shape index (κ1) is 75.5. The van der Waals surface area contributed by atoms with Crippen LogP contribution in [0.5, 0.6) is 0 Å². The number of rotatable bonds is 59. The molecule has 0 saturated carbocycles. The van der Waals surface area contributed by atoms with Gasteiger partial charge in [0.25, 0.3) is 0 Å². The van der Waals surface area contributed by atoms with Gasteiger partial charge in [-0.25, -0.2) is 0 Å². The minimum absolute atomic E-state index is 0.103. The lowest BCUT2D eigenvalue weighted by molar-refractivity contribution is -0.167. The van der Waals surface area contributed by atoms with E-state index in [4.69, 9.17) is 14.2 Å². The molecule has 1 atom stereocenters. The molecule has 80 heavy (non-hydrogen) atoms. The lowest BCUT2D eigenvalue weighted by atomic mass is 10.0. The van der Waals surface area contributed by atoms with Crippen molar-refractivity contribution in [2.24, 2.45) is 0 Å². The highest BCUT2D eigenvalue weighted by molar-refractivity contribution is 5.71. The molecule has 0 heterocycles. The predicted octanol–water partition coefficient (Wildman–Crippen LogP) is 22.9. The number of carbonyl (C=O) groups is 3. The van der Waals surface area contributed by atoms with Gasteiger partial charge in [0.15, 0.2) is 6.10 Å². The van der Waals surface area contributed by atoms with Crippen molar-refractivity contribution in [1.29, 1.82) is 0 Å². The Morgan fingerprint density at radius 1 is 0.263 bits per heavy atom. The van der Waals surface area contributed by atoms with Crippen molar-refractivity contribution in [1.82, 2.24) is 0 Å². The third kappa shape index (κ3) is 64.4. The maximum Gasteiger partial charge on any atom is 0.306 e. The summed E-state index contributed by atoms with van der Waals surface area (Å²) in [4.78, 5) is 38.4. The zero-order chi connectivity index (χ0) is 57.8. The van der Waals surface area contributed by atoms with Crippen molar-refractivity contribution < 1.29 is 28.6 Å². The van der Waals surface area contributed by atoms with Gasteiger partial charge in [0.05, 0.1) is 0 Å². The van der Waals surface area contributed by atoms with E-state index >= 15 is 0 Å². The fourth-order valence-corrected chi connectivity index (χ4v) is 9.00. The average Bonchev–Trinajstić information content (AvgIpc) is 3.46. The van der Waals surface area contributed by atoms with Crippen LogP contribution >= 0.6 is 0 Å². The van der Waals surface area contributed by atoms with Gasteiger partial charge >= 0.3 is 17.9 Å². The van der Waals surface area contributed by atoms with Gasteiger partial charge in [0.2, 0.25) is 0 Å². The monoisotopic (exact) mass is 1110 g/mol. The van der Waals surface area contributed by atoms with Gasteiger partial charge in [0.1, 0.15) is 13.2 Å². The molecule has 0 aliphatic heterocycles. The van der Waals surface area contributed by atoms with E-state index in [0.29, 0.717) is 19.3 Å². The molecule has 0 spiro atoms. The standard InChI is InChI=1S/C74H122O6/c1-4-7-10-13-16-19-22-25-28-30-32-34-35-36-37-38-39-40-42-43-46-49-52-55-58-61-64-67-73(76)79-70-71(69-78-72(75)66-63-60-57-54-51-48-45-27-24-21-18-15-12-9-6-3)80-74(77)68-65-62-59-56-53-50-47-44-41-33-31-29-26-23-20-17-14-11-8-5-2/h7,9-10,12,16,18-19,21,25,27-28,32,34,36-37,39-40,43,45-46,51,54,71H,4-6,8,11,13-15,17,20,22-24,26,29-31,33,35,38,41-42,44,47-50,52-53,55-70H2,1-3H3/b10-7-,12-9-,19-16-,21-18-,28-25-,34-32-,37-36-,40-39-,45-27-,46-43-,54-51-. The van der Waals surface area contributed by atoms with E-state index in [1.807, 2.05) is 0 Å². The van der Waals surface area contributed by atoms with E-state index in [1.54, 1.807) is 0 Å². The van der Waals surface area contributed by atoms with Gasteiger partial charge in [-0.3, -0.25) is 14.4 Å². The van der Waals surface area contributed by atoms with Crippen LogP contribution in [0.15, 0.2) is 134 Å². The van der Waals surface area contributed by atoms with E-state index in [-0.39, 0.29) is 31.1 Å². The first-order valence-electron chi connectivity index (χ1n) is 33.2. The number of hydrogen-bond acceptors (Lipinski definition) is 6. The van der Waals surface area contributed by atoms with Crippen molar-refractivity contribution in [3.05, 3.63) is 134 Å². The number of unbranched alkanes of at least 4 members (excludes halogenated alkanes) is 26. The average molecular weight is 1110 g/mol. The van der Waals surface area contributed by atoms with Crippen LogP contribution < -0.4 is 0 Å². The largest absolute Gasteiger partial charge is 0.462 e. The van der Waals surface area contributed by atoms with Crippen LogP contribution in [0.1, 0.15) is 297 Å². The summed E-state index contributed by atoms with van der Waals surface area (Å²) < 4.78 is 16.9. The number of ether oxygens (including phenoxy) is 3. The van der Waals surface area contributed by atoms with E-state index in [9.17, 15) is 14.4 Å². The Kier molecular flexibility index (Phi) is 63.3. The summed E-state index contributed by atoms with van der Waals surface area (Å²) in [5, 5.41) is 0. The molecular formula is C74H122O6. The molecule has 6 nitrogen and oxygen atoms in total. The first-order valence-corrected chi connectivity index (χ1v) is 33.2. The summed E-state index contributed by atoms with van der Waals surface area (Å²) >= 11 is 0. The SMILES string of the molecule is CC/C=C\C/C=C\C/C=C\C/C=C\C/C=C\C/C=C\C/C=C\CCCCCCCC(=O)OCC(COC(=O)CCCC/C=C\C/C=C\C/C=C\C/C=C\CC)OC(=O)CCCCCCCCCCCCCCCCCCCCCC. The fraction of sp³-hybridized carbons (Fsp3) is 0.662. The second-order valence-electron chi connectivity index (χ2n) is 21.6. The quantitative estimate of drug-likeness (QED) is 0.0261. The van der Waals surface area contributed by atoms with Crippen molar-refractivity contribution in [3.8, 4) is 0 Å². The Labute approximate surface area is 494 Å². The lowest BCUT2D eigenvalue weighted by Gasteiger charge is -2.18. The van der Waals surface area contributed by atoms with Crippen LogP contribution in [0.25, 0.3) is 0 Å². The molecule has 0 aromatic heterocycles. The van der Waals surface area contributed by atoms with Gasteiger partial charge in [-0.05, 0) is 116 Å². The predicted molar refractivity (Wildman–Crippen MR) is 348 cm³/mol. The van der Waals surface area contributed by atoms with Crippen molar-refractivity contribution in [2.75, 3.05) is 13.2 Å². The Balaban J connectivity index is 4.43.